The molecule has 1 aromatic heterocycles. The Bertz CT molecular complexity index is 373. The molecule has 1 N–H and O–H groups in total. The summed E-state index contributed by atoms with van der Waals surface area (Å²) < 4.78 is 0. The number of nitriles is 1. The van der Waals surface area contributed by atoms with Crippen LogP contribution in [0.15, 0.2) is 18.3 Å². The molecule has 1 saturated heterocycles. The molecule has 0 saturated carbocycles. The largest absolute Gasteiger partial charge is 0.370 e. The van der Waals surface area contributed by atoms with Gasteiger partial charge in [0.15, 0.2) is 0 Å². The lowest BCUT2D eigenvalue weighted by molar-refractivity contribution is 0.337. The smallest absolute Gasteiger partial charge is 0.125 e. The van der Waals surface area contributed by atoms with E-state index in [-0.39, 0.29) is 0 Å². The van der Waals surface area contributed by atoms with Crippen molar-refractivity contribution in [3.8, 4) is 6.07 Å². The number of likely N-dealkylation sites (tertiary alicyclic amines) is 1. The summed E-state index contributed by atoms with van der Waals surface area (Å²) in [6.07, 6.45) is 5.44. The average Bonchev–Trinajstić information content (AvgIpc) is 2.88. The van der Waals surface area contributed by atoms with Crippen LogP contribution in [-0.2, 0) is 0 Å². The molecule has 4 nitrogen and oxygen atoms in total. The Hall–Kier alpha value is -1.60. The summed E-state index contributed by atoms with van der Waals surface area (Å²) in [6, 6.07) is 5.70. The fraction of sp³-hybridized carbons (Fsp3) is 0.538. The van der Waals surface area contributed by atoms with E-state index < -0.39 is 0 Å². The zero-order valence-corrected chi connectivity index (χ0v) is 10.0. The number of nitrogens with zero attached hydrogens (tertiary/aromatic N) is 3. The number of nitrogens with one attached hydrogen (secondary N) is 1. The van der Waals surface area contributed by atoms with E-state index >= 15 is 0 Å². The van der Waals surface area contributed by atoms with Crippen LogP contribution < -0.4 is 5.32 Å². The fourth-order valence-corrected chi connectivity index (χ4v) is 2.09. The number of aromatic nitrogens is 1. The number of anilines is 1. The van der Waals surface area contributed by atoms with Gasteiger partial charge in [-0.15, -0.1) is 0 Å². The second kappa shape index (κ2) is 6.21. The fourth-order valence-electron chi connectivity index (χ4n) is 2.09. The third kappa shape index (κ3) is 3.72. The van der Waals surface area contributed by atoms with Gasteiger partial charge in [0.2, 0.25) is 0 Å². The molecular formula is C13H18N4. The van der Waals surface area contributed by atoms with E-state index in [4.69, 9.17) is 5.26 Å². The Morgan fingerprint density at radius 3 is 2.82 bits per heavy atom. The van der Waals surface area contributed by atoms with E-state index in [1.807, 2.05) is 6.07 Å². The van der Waals surface area contributed by atoms with Crippen LogP contribution in [0.5, 0.6) is 0 Å². The van der Waals surface area contributed by atoms with Crippen molar-refractivity contribution < 1.29 is 0 Å². The minimum atomic E-state index is 0.604. The molecular weight excluding hydrogens is 212 g/mol. The van der Waals surface area contributed by atoms with Crippen molar-refractivity contribution in [2.24, 2.45) is 0 Å². The van der Waals surface area contributed by atoms with Crippen LogP contribution in [0.1, 0.15) is 24.8 Å². The van der Waals surface area contributed by atoms with Crippen molar-refractivity contribution in [1.29, 1.82) is 5.26 Å². The van der Waals surface area contributed by atoms with Gasteiger partial charge in [-0.1, -0.05) is 0 Å². The van der Waals surface area contributed by atoms with Gasteiger partial charge >= 0.3 is 0 Å². The SMILES string of the molecule is N#Cc1ccc(NCCCN2CCCC2)nc1. The molecule has 0 bridgehead atoms. The summed E-state index contributed by atoms with van der Waals surface area (Å²) in [5.41, 5.74) is 0.604. The summed E-state index contributed by atoms with van der Waals surface area (Å²) in [4.78, 5) is 6.68. The van der Waals surface area contributed by atoms with Crippen molar-refractivity contribution in [2.45, 2.75) is 19.3 Å². The molecule has 1 aliphatic rings. The second-order valence-electron chi connectivity index (χ2n) is 4.37. The van der Waals surface area contributed by atoms with Gasteiger partial charge in [-0.25, -0.2) is 4.98 Å². The van der Waals surface area contributed by atoms with Gasteiger partial charge in [0, 0.05) is 12.7 Å². The Morgan fingerprint density at radius 1 is 1.35 bits per heavy atom. The number of pyridine rings is 1. The highest BCUT2D eigenvalue weighted by atomic mass is 15.1. The number of hydrogen-bond acceptors (Lipinski definition) is 4. The normalized spacial score (nSPS) is 15.7. The van der Waals surface area contributed by atoms with E-state index in [0.717, 1.165) is 18.8 Å². The maximum atomic E-state index is 8.65. The van der Waals surface area contributed by atoms with Gasteiger partial charge in [0.25, 0.3) is 0 Å². The van der Waals surface area contributed by atoms with Crippen LogP contribution in [0.4, 0.5) is 5.82 Å². The summed E-state index contributed by atoms with van der Waals surface area (Å²) in [7, 11) is 0. The maximum Gasteiger partial charge on any atom is 0.125 e. The summed E-state index contributed by atoms with van der Waals surface area (Å²) in [5, 5.41) is 11.9. The predicted octanol–water partition coefficient (Wildman–Crippen LogP) is 1.85. The first-order chi connectivity index (χ1) is 8.38. The molecule has 90 valence electrons. The van der Waals surface area contributed by atoms with E-state index in [2.05, 4.69) is 21.3 Å². The lowest BCUT2D eigenvalue weighted by atomic mass is 10.3. The van der Waals surface area contributed by atoms with Crippen LogP contribution in [0.3, 0.4) is 0 Å². The summed E-state index contributed by atoms with van der Waals surface area (Å²) >= 11 is 0. The number of rotatable bonds is 5. The minimum absolute atomic E-state index is 0.604. The van der Waals surface area contributed by atoms with Gasteiger partial charge in [-0.3, -0.25) is 0 Å². The van der Waals surface area contributed by atoms with Crippen LogP contribution in [-0.4, -0.2) is 36.1 Å². The van der Waals surface area contributed by atoms with Crippen LogP contribution >= 0.6 is 0 Å². The highest BCUT2D eigenvalue weighted by Crippen LogP contribution is 2.08. The van der Waals surface area contributed by atoms with E-state index in [1.165, 1.54) is 32.5 Å². The first kappa shape index (κ1) is 11.9. The molecule has 1 fully saturated rings. The molecule has 0 aromatic carbocycles. The van der Waals surface area contributed by atoms with E-state index in [1.54, 1.807) is 12.3 Å². The molecule has 4 heteroatoms. The molecule has 0 amide bonds. The Labute approximate surface area is 102 Å². The maximum absolute atomic E-state index is 8.65. The van der Waals surface area contributed by atoms with E-state index in [9.17, 15) is 0 Å². The molecule has 17 heavy (non-hydrogen) atoms. The summed E-state index contributed by atoms with van der Waals surface area (Å²) in [5.74, 6) is 0.852. The van der Waals surface area contributed by atoms with Crippen molar-refractivity contribution in [2.75, 3.05) is 31.5 Å². The zero-order valence-electron chi connectivity index (χ0n) is 10.0. The third-order valence-corrected chi connectivity index (χ3v) is 3.05. The van der Waals surface area contributed by atoms with Gasteiger partial charge in [0.1, 0.15) is 11.9 Å². The van der Waals surface area contributed by atoms with Crippen molar-refractivity contribution in [1.82, 2.24) is 9.88 Å². The molecule has 1 aliphatic heterocycles. The Kier molecular flexibility index (Phi) is 4.34. The monoisotopic (exact) mass is 230 g/mol. The van der Waals surface area contributed by atoms with Crippen LogP contribution in [0.25, 0.3) is 0 Å². The first-order valence-corrected chi connectivity index (χ1v) is 6.21. The lowest BCUT2D eigenvalue weighted by Crippen LogP contribution is -2.22. The Morgan fingerprint density at radius 2 is 2.18 bits per heavy atom. The standard InChI is InChI=1S/C13H18N4/c14-10-12-4-5-13(16-11-12)15-6-3-9-17-7-1-2-8-17/h4-5,11H,1-3,6-9H2,(H,15,16). The molecule has 2 heterocycles. The summed E-state index contributed by atoms with van der Waals surface area (Å²) in [6.45, 7) is 4.63. The topological polar surface area (TPSA) is 52.0 Å². The number of hydrogen-bond donors (Lipinski definition) is 1. The second-order valence-corrected chi connectivity index (χ2v) is 4.37. The molecule has 0 atom stereocenters. The average molecular weight is 230 g/mol. The van der Waals surface area contributed by atoms with Gasteiger partial charge in [0.05, 0.1) is 5.56 Å². The minimum Gasteiger partial charge on any atom is -0.370 e. The van der Waals surface area contributed by atoms with Gasteiger partial charge in [-0.2, -0.15) is 5.26 Å². The van der Waals surface area contributed by atoms with Crippen molar-refractivity contribution in [3.05, 3.63) is 23.9 Å². The molecule has 1 aromatic rings. The van der Waals surface area contributed by atoms with Crippen LogP contribution in [0.2, 0.25) is 0 Å². The third-order valence-electron chi connectivity index (χ3n) is 3.05. The van der Waals surface area contributed by atoms with Crippen molar-refractivity contribution >= 4 is 5.82 Å². The molecule has 0 aliphatic carbocycles. The Balaban J connectivity index is 1.65. The predicted molar refractivity (Wildman–Crippen MR) is 67.7 cm³/mol. The highest BCUT2D eigenvalue weighted by Gasteiger charge is 2.09. The zero-order chi connectivity index (χ0) is 11.9. The molecule has 2 rings (SSSR count). The molecule has 0 unspecified atom stereocenters. The molecule has 0 spiro atoms. The highest BCUT2D eigenvalue weighted by molar-refractivity contribution is 5.38. The van der Waals surface area contributed by atoms with Crippen molar-refractivity contribution in [3.63, 3.8) is 0 Å². The van der Waals surface area contributed by atoms with Crippen LogP contribution in [0, 0.1) is 11.3 Å². The van der Waals surface area contributed by atoms with Gasteiger partial charge < -0.3 is 10.2 Å². The lowest BCUT2D eigenvalue weighted by Gasteiger charge is -2.14. The van der Waals surface area contributed by atoms with Gasteiger partial charge in [-0.05, 0) is 51.0 Å². The molecule has 0 radical (unpaired) electrons. The first-order valence-electron chi connectivity index (χ1n) is 6.21. The van der Waals surface area contributed by atoms with E-state index in [0.29, 0.717) is 5.56 Å². The quantitative estimate of drug-likeness (QED) is 0.784.